The number of likely N-dealkylation sites (tertiary alicyclic amines) is 1. The number of halogens is 1. The number of fused-ring (bicyclic) bond motifs is 1. The minimum atomic E-state index is -3.65. The van der Waals surface area contributed by atoms with Crippen molar-refractivity contribution in [2.75, 3.05) is 23.9 Å². The van der Waals surface area contributed by atoms with E-state index in [1.165, 1.54) is 0 Å². The fourth-order valence-corrected chi connectivity index (χ4v) is 5.40. The van der Waals surface area contributed by atoms with Gasteiger partial charge in [0.1, 0.15) is 0 Å². The fraction of sp³-hybridized carbons (Fsp3) is 0.400. The number of carbonyl (C=O) groups is 2. The molecule has 29 heavy (non-hydrogen) atoms. The summed E-state index contributed by atoms with van der Waals surface area (Å²) >= 11 is 0. The number of allylic oxidation sites excluding steroid dienone is 4. The summed E-state index contributed by atoms with van der Waals surface area (Å²) in [5, 5.41) is 2.95. The smallest absolute Gasteiger partial charge is 0.232 e. The van der Waals surface area contributed by atoms with Crippen LogP contribution in [0.25, 0.3) is 0 Å². The van der Waals surface area contributed by atoms with Crippen LogP contribution in [0.3, 0.4) is 0 Å². The van der Waals surface area contributed by atoms with Crippen molar-refractivity contribution in [3.63, 3.8) is 0 Å². The molecule has 0 aromatic heterocycles. The predicted molar refractivity (Wildman–Crippen MR) is 107 cm³/mol. The summed E-state index contributed by atoms with van der Waals surface area (Å²) in [5.74, 6) is -2.19. The standard InChI is InChI=1S/C20H22FN3O4S/c1-12-7-17(25)24(20(12)26)9-15-13(10-29(27,28)14-5-3-4-6-14)8-16-19(18(15)21)22-11-23(16)2/h3-5,8,12,22H,6-7,9-11H2,1-2H3. The molecule has 1 atom stereocenters. The van der Waals surface area contributed by atoms with Crippen LogP contribution in [0, 0.1) is 11.7 Å². The number of anilines is 2. The number of nitrogens with zero attached hydrogens (tertiary/aromatic N) is 2. The molecule has 3 aliphatic rings. The summed E-state index contributed by atoms with van der Waals surface area (Å²) in [6.45, 7) is 1.77. The van der Waals surface area contributed by atoms with E-state index in [9.17, 15) is 18.0 Å². The van der Waals surface area contributed by atoms with Gasteiger partial charge in [-0.05, 0) is 17.7 Å². The third kappa shape index (κ3) is 3.33. The Hall–Kier alpha value is -2.68. The van der Waals surface area contributed by atoms with Crippen LogP contribution in [-0.4, -0.2) is 38.8 Å². The van der Waals surface area contributed by atoms with Crippen molar-refractivity contribution in [3.8, 4) is 0 Å². The number of benzene rings is 1. The van der Waals surface area contributed by atoms with E-state index in [-0.39, 0.29) is 52.3 Å². The Morgan fingerprint density at radius 2 is 2.07 bits per heavy atom. The van der Waals surface area contributed by atoms with Crippen LogP contribution in [0.5, 0.6) is 0 Å². The molecule has 1 fully saturated rings. The van der Waals surface area contributed by atoms with E-state index in [2.05, 4.69) is 5.32 Å². The second-order valence-electron chi connectivity index (χ2n) is 7.70. The van der Waals surface area contributed by atoms with Crippen LogP contribution in [-0.2, 0) is 31.7 Å². The number of imide groups is 1. The van der Waals surface area contributed by atoms with Gasteiger partial charge < -0.3 is 10.2 Å². The van der Waals surface area contributed by atoms with Crippen LogP contribution in [0.4, 0.5) is 15.8 Å². The lowest BCUT2D eigenvalue weighted by Crippen LogP contribution is -2.31. The fourth-order valence-electron chi connectivity index (χ4n) is 3.91. The Bertz CT molecular complexity index is 1080. The molecule has 0 radical (unpaired) electrons. The molecule has 1 unspecified atom stereocenters. The van der Waals surface area contributed by atoms with Crippen molar-refractivity contribution >= 4 is 33.0 Å². The Labute approximate surface area is 168 Å². The molecular formula is C20H22FN3O4S. The summed E-state index contributed by atoms with van der Waals surface area (Å²) in [4.78, 5) is 27.7. The highest BCUT2D eigenvalue weighted by atomic mass is 32.2. The number of carbonyl (C=O) groups excluding carboxylic acids is 2. The van der Waals surface area contributed by atoms with E-state index >= 15 is 4.39 Å². The first kappa shape index (κ1) is 19.6. The van der Waals surface area contributed by atoms with Gasteiger partial charge >= 0.3 is 0 Å². The monoisotopic (exact) mass is 419 g/mol. The molecular weight excluding hydrogens is 397 g/mol. The van der Waals surface area contributed by atoms with Crippen LogP contribution in [0.1, 0.15) is 30.9 Å². The molecule has 0 bridgehead atoms. The number of nitrogens with one attached hydrogen (secondary N) is 1. The quantitative estimate of drug-likeness (QED) is 0.737. The van der Waals surface area contributed by atoms with Crippen molar-refractivity contribution < 1.29 is 22.4 Å². The molecule has 0 saturated carbocycles. The first-order valence-corrected chi connectivity index (χ1v) is 11.1. The van der Waals surface area contributed by atoms with E-state index in [0.717, 1.165) is 4.90 Å². The Kier molecular flexibility index (Phi) is 4.72. The minimum Gasteiger partial charge on any atom is -0.364 e. The molecule has 2 amide bonds. The number of rotatable bonds is 5. The molecule has 1 aromatic rings. The second kappa shape index (κ2) is 6.98. The molecule has 1 aliphatic carbocycles. The molecule has 0 spiro atoms. The summed E-state index contributed by atoms with van der Waals surface area (Å²) < 4.78 is 41.1. The molecule has 1 N–H and O–H groups in total. The molecule has 154 valence electrons. The van der Waals surface area contributed by atoms with Crippen molar-refractivity contribution in [2.45, 2.75) is 32.1 Å². The van der Waals surface area contributed by atoms with Gasteiger partial charge in [-0.15, -0.1) is 0 Å². The average molecular weight is 419 g/mol. The van der Waals surface area contributed by atoms with Gasteiger partial charge in [-0.3, -0.25) is 14.5 Å². The summed E-state index contributed by atoms with van der Waals surface area (Å²) in [7, 11) is -1.88. The number of hydrogen-bond donors (Lipinski definition) is 1. The van der Waals surface area contributed by atoms with Gasteiger partial charge in [0.05, 0.1) is 30.3 Å². The zero-order valence-corrected chi connectivity index (χ0v) is 17.1. The largest absolute Gasteiger partial charge is 0.364 e. The number of amides is 2. The minimum absolute atomic E-state index is 0.0671. The van der Waals surface area contributed by atoms with E-state index in [1.807, 2.05) is 0 Å². The van der Waals surface area contributed by atoms with Gasteiger partial charge in [-0.2, -0.15) is 0 Å². The van der Waals surface area contributed by atoms with Gasteiger partial charge in [-0.25, -0.2) is 12.8 Å². The highest BCUT2D eigenvalue weighted by Gasteiger charge is 2.37. The lowest BCUT2D eigenvalue weighted by Gasteiger charge is -2.20. The summed E-state index contributed by atoms with van der Waals surface area (Å²) in [6.07, 6.45) is 5.36. The van der Waals surface area contributed by atoms with E-state index in [4.69, 9.17) is 0 Å². The Morgan fingerprint density at radius 3 is 2.69 bits per heavy atom. The summed E-state index contributed by atoms with van der Waals surface area (Å²) in [5.41, 5.74) is 1.15. The van der Waals surface area contributed by atoms with Gasteiger partial charge in [0.15, 0.2) is 15.7 Å². The van der Waals surface area contributed by atoms with Crippen molar-refractivity contribution in [3.05, 3.63) is 46.1 Å². The zero-order chi connectivity index (χ0) is 20.9. The lowest BCUT2D eigenvalue weighted by atomic mass is 10.0. The van der Waals surface area contributed by atoms with Crippen LogP contribution in [0.15, 0.2) is 29.2 Å². The van der Waals surface area contributed by atoms with E-state index < -0.39 is 21.6 Å². The highest BCUT2D eigenvalue weighted by Crippen LogP contribution is 2.39. The first-order valence-electron chi connectivity index (χ1n) is 9.41. The molecule has 4 rings (SSSR count). The third-order valence-electron chi connectivity index (χ3n) is 5.61. The van der Waals surface area contributed by atoms with Gasteiger partial charge in [-0.1, -0.05) is 19.1 Å². The van der Waals surface area contributed by atoms with Crippen molar-refractivity contribution in [1.29, 1.82) is 0 Å². The van der Waals surface area contributed by atoms with Crippen molar-refractivity contribution in [1.82, 2.24) is 4.90 Å². The second-order valence-corrected chi connectivity index (χ2v) is 9.75. The molecule has 1 saturated heterocycles. The zero-order valence-electron chi connectivity index (χ0n) is 16.2. The number of sulfone groups is 1. The third-order valence-corrected chi connectivity index (χ3v) is 7.40. The summed E-state index contributed by atoms with van der Waals surface area (Å²) in [6, 6.07) is 1.64. The maximum Gasteiger partial charge on any atom is 0.232 e. The SMILES string of the molecule is CC1CC(=O)N(Cc2c(CS(=O)(=O)C3=CC=CC3)cc3c(c2F)NCN3C)C1=O. The molecule has 1 aromatic carbocycles. The maximum absolute atomic E-state index is 15.4. The predicted octanol–water partition coefficient (Wildman–Crippen LogP) is 2.30. The molecule has 2 aliphatic heterocycles. The van der Waals surface area contributed by atoms with Gasteiger partial charge in [0.2, 0.25) is 11.8 Å². The van der Waals surface area contributed by atoms with Gasteiger partial charge in [0.25, 0.3) is 0 Å². The molecule has 7 nitrogen and oxygen atoms in total. The van der Waals surface area contributed by atoms with E-state index in [1.54, 1.807) is 43.2 Å². The van der Waals surface area contributed by atoms with E-state index in [0.29, 0.717) is 18.8 Å². The Morgan fingerprint density at radius 1 is 1.31 bits per heavy atom. The average Bonchev–Trinajstić information content (AvgIpc) is 3.36. The van der Waals surface area contributed by atoms with Crippen LogP contribution in [0.2, 0.25) is 0 Å². The first-order chi connectivity index (χ1) is 13.7. The van der Waals surface area contributed by atoms with Gasteiger partial charge in [0, 0.05) is 36.3 Å². The highest BCUT2D eigenvalue weighted by molar-refractivity contribution is 7.94. The van der Waals surface area contributed by atoms with Crippen LogP contribution >= 0.6 is 0 Å². The van der Waals surface area contributed by atoms with Crippen molar-refractivity contribution in [2.24, 2.45) is 5.92 Å². The lowest BCUT2D eigenvalue weighted by molar-refractivity contribution is -0.139. The Balaban J connectivity index is 1.77. The number of hydrogen-bond acceptors (Lipinski definition) is 6. The molecule has 9 heteroatoms. The topological polar surface area (TPSA) is 86.8 Å². The van der Waals surface area contributed by atoms with Crippen LogP contribution < -0.4 is 10.2 Å². The molecule has 2 heterocycles. The normalized spacial score (nSPS) is 21.1. The maximum atomic E-state index is 15.4.